The van der Waals surface area contributed by atoms with Crippen LogP contribution in [0.15, 0.2) is 23.1 Å². The summed E-state index contributed by atoms with van der Waals surface area (Å²) in [5, 5.41) is 9.84. The zero-order valence-corrected chi connectivity index (χ0v) is 16.1. The molecule has 2 amide bonds. The Kier molecular flexibility index (Phi) is 4.28. The second kappa shape index (κ2) is 6.29. The van der Waals surface area contributed by atoms with Gasteiger partial charge in [0.15, 0.2) is 0 Å². The Morgan fingerprint density at radius 3 is 2.44 bits per heavy atom. The molecule has 0 saturated carbocycles. The second-order valence-corrected chi connectivity index (χ2v) is 9.48. The molecule has 0 bridgehead atoms. The number of aliphatic hydroxyl groups excluding tert-OH is 1. The molecule has 4 rings (SSSR count). The first-order valence-electron chi connectivity index (χ1n) is 9.06. The van der Waals surface area contributed by atoms with E-state index in [0.717, 1.165) is 5.56 Å². The van der Waals surface area contributed by atoms with Crippen LogP contribution in [0.25, 0.3) is 0 Å². The molecule has 0 unspecified atom stereocenters. The van der Waals surface area contributed by atoms with Crippen LogP contribution in [0, 0.1) is 13.8 Å². The van der Waals surface area contributed by atoms with Gasteiger partial charge in [0.1, 0.15) is 12.1 Å². The van der Waals surface area contributed by atoms with Crippen molar-refractivity contribution in [3.05, 3.63) is 29.3 Å². The van der Waals surface area contributed by atoms with Crippen molar-refractivity contribution in [2.24, 2.45) is 0 Å². The molecule has 9 heteroatoms. The van der Waals surface area contributed by atoms with E-state index >= 15 is 0 Å². The molecule has 3 heterocycles. The van der Waals surface area contributed by atoms with Crippen LogP contribution in [-0.2, 0) is 19.6 Å². The predicted molar refractivity (Wildman–Crippen MR) is 96.3 cm³/mol. The molecule has 1 N–H and O–H groups in total. The number of piperazine rings is 2. The lowest BCUT2D eigenvalue weighted by Gasteiger charge is -2.46. The number of hydrogen-bond acceptors (Lipinski definition) is 5. The Bertz CT molecular complexity index is 916. The summed E-state index contributed by atoms with van der Waals surface area (Å²) >= 11 is 0. The Hall–Kier alpha value is -1.97. The summed E-state index contributed by atoms with van der Waals surface area (Å²) in [7, 11) is -3.76. The lowest BCUT2D eigenvalue weighted by molar-refractivity contribution is -0.161. The SMILES string of the molecule is Cc1ccc(C)c(S(=O)(=O)N2CCN3C(=O)[C@@H]4C[C@@H](O)CN4C(=O)[C@H]3C2)c1. The first-order valence-corrected chi connectivity index (χ1v) is 10.5. The maximum absolute atomic E-state index is 13.2. The molecule has 27 heavy (non-hydrogen) atoms. The van der Waals surface area contributed by atoms with E-state index in [1.54, 1.807) is 19.1 Å². The summed E-state index contributed by atoms with van der Waals surface area (Å²) in [6.07, 6.45) is -0.461. The zero-order chi connectivity index (χ0) is 19.5. The van der Waals surface area contributed by atoms with Crippen molar-refractivity contribution in [3.63, 3.8) is 0 Å². The first kappa shape index (κ1) is 18.4. The van der Waals surface area contributed by atoms with E-state index in [1.807, 2.05) is 13.0 Å². The Labute approximate surface area is 158 Å². The van der Waals surface area contributed by atoms with Gasteiger partial charge in [-0.15, -0.1) is 0 Å². The third-order valence-electron chi connectivity index (χ3n) is 5.72. The highest BCUT2D eigenvalue weighted by molar-refractivity contribution is 7.89. The number of aliphatic hydroxyl groups is 1. The third kappa shape index (κ3) is 2.84. The summed E-state index contributed by atoms with van der Waals surface area (Å²) in [4.78, 5) is 28.7. The molecular weight excluding hydrogens is 370 g/mol. The van der Waals surface area contributed by atoms with Crippen LogP contribution in [0.2, 0.25) is 0 Å². The van der Waals surface area contributed by atoms with Crippen LogP contribution in [-0.4, -0.2) is 83.8 Å². The van der Waals surface area contributed by atoms with Crippen LogP contribution in [0.3, 0.4) is 0 Å². The average molecular weight is 393 g/mol. The zero-order valence-electron chi connectivity index (χ0n) is 15.3. The van der Waals surface area contributed by atoms with Gasteiger partial charge in [0.2, 0.25) is 21.8 Å². The van der Waals surface area contributed by atoms with Crippen molar-refractivity contribution in [2.45, 2.75) is 43.4 Å². The molecule has 3 aliphatic rings. The van der Waals surface area contributed by atoms with Gasteiger partial charge in [-0.05, 0) is 31.0 Å². The number of sulfonamides is 1. The van der Waals surface area contributed by atoms with Gasteiger partial charge in [0, 0.05) is 32.6 Å². The lowest BCUT2D eigenvalue weighted by Crippen LogP contribution is -2.69. The lowest BCUT2D eigenvalue weighted by atomic mass is 10.0. The number of carbonyl (C=O) groups is 2. The Balaban J connectivity index is 1.63. The third-order valence-corrected chi connectivity index (χ3v) is 7.73. The van der Waals surface area contributed by atoms with Crippen molar-refractivity contribution < 1.29 is 23.1 Å². The van der Waals surface area contributed by atoms with Gasteiger partial charge in [0.25, 0.3) is 0 Å². The summed E-state index contributed by atoms with van der Waals surface area (Å²) in [5.41, 5.74) is 1.49. The molecule has 146 valence electrons. The van der Waals surface area contributed by atoms with Crippen molar-refractivity contribution in [1.82, 2.24) is 14.1 Å². The smallest absolute Gasteiger partial charge is 0.247 e. The van der Waals surface area contributed by atoms with Crippen molar-refractivity contribution in [2.75, 3.05) is 26.2 Å². The van der Waals surface area contributed by atoms with Gasteiger partial charge < -0.3 is 14.9 Å². The molecule has 0 aromatic heterocycles. The quantitative estimate of drug-likeness (QED) is 0.729. The molecule has 1 aromatic rings. The number of benzene rings is 1. The molecule has 3 atom stereocenters. The monoisotopic (exact) mass is 393 g/mol. The van der Waals surface area contributed by atoms with Gasteiger partial charge in [-0.2, -0.15) is 4.31 Å². The van der Waals surface area contributed by atoms with Crippen LogP contribution < -0.4 is 0 Å². The number of rotatable bonds is 2. The van der Waals surface area contributed by atoms with Gasteiger partial charge in [-0.3, -0.25) is 9.59 Å². The largest absolute Gasteiger partial charge is 0.391 e. The molecule has 0 spiro atoms. The predicted octanol–water partition coefficient (Wildman–Crippen LogP) is -0.520. The Morgan fingerprint density at radius 1 is 1.00 bits per heavy atom. The molecule has 0 radical (unpaired) electrons. The van der Waals surface area contributed by atoms with Gasteiger partial charge >= 0.3 is 0 Å². The van der Waals surface area contributed by atoms with Gasteiger partial charge in [-0.1, -0.05) is 12.1 Å². The van der Waals surface area contributed by atoms with Crippen molar-refractivity contribution in [3.8, 4) is 0 Å². The fourth-order valence-corrected chi connectivity index (χ4v) is 6.00. The number of hydrogen-bond donors (Lipinski definition) is 1. The van der Waals surface area contributed by atoms with E-state index in [9.17, 15) is 23.1 Å². The average Bonchev–Trinajstić information content (AvgIpc) is 3.03. The maximum Gasteiger partial charge on any atom is 0.247 e. The van der Waals surface area contributed by atoms with E-state index in [0.29, 0.717) is 5.56 Å². The number of carbonyl (C=O) groups excluding carboxylic acids is 2. The van der Waals surface area contributed by atoms with E-state index in [2.05, 4.69) is 0 Å². The molecule has 1 aromatic carbocycles. The van der Waals surface area contributed by atoms with Gasteiger partial charge in [-0.25, -0.2) is 8.42 Å². The van der Waals surface area contributed by atoms with Crippen LogP contribution in [0.5, 0.6) is 0 Å². The Morgan fingerprint density at radius 2 is 1.70 bits per heavy atom. The van der Waals surface area contributed by atoms with E-state index in [-0.39, 0.29) is 49.3 Å². The second-order valence-electron chi connectivity index (χ2n) is 7.58. The summed E-state index contributed by atoms with van der Waals surface area (Å²) in [6, 6.07) is 3.81. The number of amides is 2. The number of fused-ring (bicyclic) bond motifs is 2. The van der Waals surface area contributed by atoms with Crippen LogP contribution in [0.1, 0.15) is 17.5 Å². The fourth-order valence-electron chi connectivity index (χ4n) is 4.25. The minimum atomic E-state index is -3.76. The normalized spacial score (nSPS) is 29.1. The van der Waals surface area contributed by atoms with Crippen molar-refractivity contribution in [1.29, 1.82) is 0 Å². The highest BCUT2D eigenvalue weighted by Crippen LogP contribution is 2.31. The molecular formula is C18H23N3O5S. The summed E-state index contributed by atoms with van der Waals surface area (Å²) < 4.78 is 27.6. The van der Waals surface area contributed by atoms with Gasteiger partial charge in [0.05, 0.1) is 11.0 Å². The fraction of sp³-hybridized carbons (Fsp3) is 0.556. The molecule has 3 fully saturated rings. The number of aryl methyl sites for hydroxylation is 2. The summed E-state index contributed by atoms with van der Waals surface area (Å²) in [5.74, 6) is -0.475. The first-order chi connectivity index (χ1) is 12.7. The number of nitrogens with zero attached hydrogens (tertiary/aromatic N) is 3. The molecule has 8 nitrogen and oxygen atoms in total. The molecule has 0 aliphatic carbocycles. The molecule has 3 saturated heterocycles. The van der Waals surface area contributed by atoms with Crippen LogP contribution in [0.4, 0.5) is 0 Å². The maximum atomic E-state index is 13.2. The topological polar surface area (TPSA) is 98.2 Å². The highest BCUT2D eigenvalue weighted by atomic mass is 32.2. The highest BCUT2D eigenvalue weighted by Gasteiger charge is 2.52. The van der Waals surface area contributed by atoms with Crippen molar-refractivity contribution >= 4 is 21.8 Å². The van der Waals surface area contributed by atoms with E-state index in [1.165, 1.54) is 14.1 Å². The minimum Gasteiger partial charge on any atom is -0.391 e. The molecule has 3 aliphatic heterocycles. The minimum absolute atomic E-state index is 0.0559. The van der Waals surface area contributed by atoms with Crippen LogP contribution >= 0.6 is 0 Å². The van der Waals surface area contributed by atoms with E-state index < -0.39 is 28.2 Å². The standard InChI is InChI=1S/C18H23N3O5S/c1-11-3-4-12(2)16(7-11)27(25,26)19-5-6-20-15(10-19)18(24)21-9-13(22)8-14(21)17(20)23/h3-4,7,13-15,22H,5-6,8-10H2,1-2H3/t13-,14+,15-/m1/s1. The van der Waals surface area contributed by atoms with E-state index in [4.69, 9.17) is 0 Å². The summed E-state index contributed by atoms with van der Waals surface area (Å²) in [6.45, 7) is 3.98.